The van der Waals surface area contributed by atoms with E-state index >= 15 is 0 Å². The Kier molecular flexibility index (Phi) is 4.64. The number of benzene rings is 1. The van der Waals surface area contributed by atoms with Crippen LogP contribution in [0.25, 0.3) is 0 Å². The Morgan fingerprint density at radius 2 is 1.79 bits per heavy atom. The molecule has 0 saturated heterocycles. The van der Waals surface area contributed by atoms with Crippen LogP contribution in [0.15, 0.2) is 36.4 Å². The average molecular weight is 297 g/mol. The third-order valence-corrected chi connectivity index (χ3v) is 3.36. The predicted octanol–water partition coefficient (Wildman–Crippen LogP) is 3.84. The number of aliphatic hydroxyl groups is 1. The quantitative estimate of drug-likeness (QED) is 0.901. The molecular formula is C14H14Cl2N2O. The molecule has 0 radical (unpaired) electrons. The molecule has 0 aliphatic carbocycles. The van der Waals surface area contributed by atoms with E-state index in [-0.39, 0.29) is 0 Å². The Labute approximate surface area is 122 Å². The van der Waals surface area contributed by atoms with Gasteiger partial charge in [-0.1, -0.05) is 35.3 Å². The highest BCUT2D eigenvalue weighted by Gasteiger charge is 2.15. The summed E-state index contributed by atoms with van der Waals surface area (Å²) in [4.78, 5) is 4.30. The summed E-state index contributed by atoms with van der Waals surface area (Å²) in [6, 6.07) is 10.8. The highest BCUT2D eigenvalue weighted by atomic mass is 35.5. The summed E-state index contributed by atoms with van der Waals surface area (Å²) in [5, 5.41) is 14.1. The summed E-state index contributed by atoms with van der Waals surface area (Å²) in [6.45, 7) is 2.20. The Hall–Kier alpha value is -1.29. The molecule has 2 rings (SSSR count). The maximum Gasteiger partial charge on any atom is 0.126 e. The molecular weight excluding hydrogens is 283 g/mol. The van der Waals surface area contributed by atoms with E-state index in [2.05, 4.69) is 10.3 Å². The van der Waals surface area contributed by atoms with Crippen LogP contribution < -0.4 is 5.32 Å². The molecule has 1 aromatic heterocycles. The second-order valence-electron chi connectivity index (χ2n) is 4.20. The van der Waals surface area contributed by atoms with Crippen LogP contribution in [0.2, 0.25) is 10.0 Å². The van der Waals surface area contributed by atoms with Gasteiger partial charge in [0.05, 0.1) is 6.10 Å². The summed E-state index contributed by atoms with van der Waals surface area (Å²) in [5.74, 6) is 0.710. The van der Waals surface area contributed by atoms with Gasteiger partial charge >= 0.3 is 0 Å². The molecule has 100 valence electrons. The fourth-order valence-electron chi connectivity index (χ4n) is 1.77. The molecule has 2 aromatic rings. The van der Waals surface area contributed by atoms with Gasteiger partial charge in [0.15, 0.2) is 0 Å². The number of pyridine rings is 1. The lowest BCUT2D eigenvalue weighted by Gasteiger charge is -2.15. The topological polar surface area (TPSA) is 45.1 Å². The van der Waals surface area contributed by atoms with Gasteiger partial charge in [-0.3, -0.25) is 0 Å². The molecule has 3 nitrogen and oxygen atoms in total. The molecule has 1 heterocycles. The minimum absolute atomic E-state index is 0.292. The fourth-order valence-corrected chi connectivity index (χ4v) is 2.42. The van der Waals surface area contributed by atoms with Crippen molar-refractivity contribution in [3.63, 3.8) is 0 Å². The molecule has 2 N–H and O–H groups in total. The second kappa shape index (κ2) is 6.24. The number of aromatic nitrogens is 1. The van der Waals surface area contributed by atoms with Gasteiger partial charge in [-0.25, -0.2) is 4.98 Å². The number of aliphatic hydroxyl groups excluding tert-OH is 1. The predicted molar refractivity (Wildman–Crippen MR) is 78.9 cm³/mol. The molecule has 0 saturated carbocycles. The molecule has 1 unspecified atom stereocenters. The highest BCUT2D eigenvalue weighted by Crippen LogP contribution is 2.30. The molecule has 1 aromatic carbocycles. The summed E-state index contributed by atoms with van der Waals surface area (Å²) >= 11 is 12.1. The molecule has 0 spiro atoms. The van der Waals surface area contributed by atoms with E-state index in [9.17, 15) is 5.11 Å². The third kappa shape index (κ3) is 3.60. The lowest BCUT2D eigenvalue weighted by Crippen LogP contribution is -2.14. The first kappa shape index (κ1) is 14.1. The van der Waals surface area contributed by atoms with E-state index in [1.54, 1.807) is 18.2 Å². The van der Waals surface area contributed by atoms with Crippen LogP contribution in [0, 0.1) is 6.92 Å². The van der Waals surface area contributed by atoms with Gasteiger partial charge in [-0.2, -0.15) is 0 Å². The molecule has 1 atom stereocenters. The second-order valence-corrected chi connectivity index (χ2v) is 5.01. The van der Waals surface area contributed by atoms with Gasteiger partial charge in [-0.15, -0.1) is 0 Å². The standard InChI is InChI=1S/C14H14Cl2N2O/c1-9-4-2-7-13(18-9)17-8-12(19)14-10(15)5-3-6-11(14)16/h2-7,12,19H,8H2,1H3,(H,17,18). The molecule has 0 bridgehead atoms. The first-order chi connectivity index (χ1) is 9.08. The zero-order valence-corrected chi connectivity index (χ0v) is 11.9. The average Bonchev–Trinajstić information content (AvgIpc) is 2.36. The Balaban J connectivity index is 2.07. The van der Waals surface area contributed by atoms with Crippen molar-refractivity contribution in [2.75, 3.05) is 11.9 Å². The van der Waals surface area contributed by atoms with Gasteiger partial charge in [0.25, 0.3) is 0 Å². The van der Waals surface area contributed by atoms with Gasteiger partial charge in [0.2, 0.25) is 0 Å². The molecule has 5 heteroatoms. The van der Waals surface area contributed by atoms with Crippen LogP contribution >= 0.6 is 23.2 Å². The highest BCUT2D eigenvalue weighted by molar-refractivity contribution is 6.36. The SMILES string of the molecule is Cc1cccc(NCC(O)c2c(Cl)cccc2Cl)n1. The first-order valence-corrected chi connectivity index (χ1v) is 6.63. The summed E-state index contributed by atoms with van der Waals surface area (Å²) < 4.78 is 0. The normalized spacial score (nSPS) is 12.2. The maximum absolute atomic E-state index is 10.2. The van der Waals surface area contributed by atoms with Gasteiger partial charge < -0.3 is 10.4 Å². The number of nitrogens with zero attached hydrogens (tertiary/aromatic N) is 1. The number of nitrogens with one attached hydrogen (secondary N) is 1. The van der Waals surface area contributed by atoms with Crippen molar-refractivity contribution in [3.05, 3.63) is 57.7 Å². The van der Waals surface area contributed by atoms with Crippen molar-refractivity contribution in [1.29, 1.82) is 0 Å². The van der Waals surface area contributed by atoms with E-state index in [1.165, 1.54) is 0 Å². The van der Waals surface area contributed by atoms with Crippen LogP contribution in [0.5, 0.6) is 0 Å². The molecule has 19 heavy (non-hydrogen) atoms. The smallest absolute Gasteiger partial charge is 0.126 e. The van der Waals surface area contributed by atoms with E-state index < -0.39 is 6.10 Å². The number of rotatable bonds is 4. The number of hydrogen-bond acceptors (Lipinski definition) is 3. The molecule has 0 amide bonds. The van der Waals surface area contributed by atoms with E-state index in [0.717, 1.165) is 5.69 Å². The van der Waals surface area contributed by atoms with Gasteiger partial charge in [-0.05, 0) is 31.2 Å². The fraction of sp³-hybridized carbons (Fsp3) is 0.214. The minimum Gasteiger partial charge on any atom is -0.386 e. The van der Waals surface area contributed by atoms with E-state index in [1.807, 2.05) is 25.1 Å². The largest absolute Gasteiger partial charge is 0.386 e. The van der Waals surface area contributed by atoms with Crippen LogP contribution in [0.3, 0.4) is 0 Å². The minimum atomic E-state index is -0.788. The van der Waals surface area contributed by atoms with Crippen LogP contribution in [-0.2, 0) is 0 Å². The monoisotopic (exact) mass is 296 g/mol. The molecule has 0 aliphatic rings. The summed E-state index contributed by atoms with van der Waals surface area (Å²) in [7, 11) is 0. The Morgan fingerprint density at radius 1 is 1.16 bits per heavy atom. The number of hydrogen-bond donors (Lipinski definition) is 2. The van der Waals surface area contributed by atoms with Crippen molar-refractivity contribution in [1.82, 2.24) is 4.98 Å². The lowest BCUT2D eigenvalue weighted by molar-refractivity contribution is 0.191. The van der Waals surface area contributed by atoms with Crippen molar-refractivity contribution in [2.45, 2.75) is 13.0 Å². The molecule has 0 fully saturated rings. The van der Waals surface area contributed by atoms with Crippen LogP contribution in [-0.4, -0.2) is 16.6 Å². The lowest BCUT2D eigenvalue weighted by atomic mass is 10.1. The van der Waals surface area contributed by atoms with Crippen molar-refractivity contribution in [2.24, 2.45) is 0 Å². The van der Waals surface area contributed by atoms with Crippen LogP contribution in [0.4, 0.5) is 5.82 Å². The summed E-state index contributed by atoms with van der Waals surface area (Å²) in [5.41, 5.74) is 1.45. The van der Waals surface area contributed by atoms with Crippen molar-refractivity contribution in [3.8, 4) is 0 Å². The van der Waals surface area contributed by atoms with Crippen molar-refractivity contribution >= 4 is 29.0 Å². The Morgan fingerprint density at radius 3 is 2.42 bits per heavy atom. The van der Waals surface area contributed by atoms with E-state index in [4.69, 9.17) is 23.2 Å². The maximum atomic E-state index is 10.2. The zero-order valence-electron chi connectivity index (χ0n) is 10.4. The first-order valence-electron chi connectivity index (χ1n) is 5.87. The Bertz CT molecular complexity index is 555. The van der Waals surface area contributed by atoms with Gasteiger partial charge in [0.1, 0.15) is 5.82 Å². The number of anilines is 1. The third-order valence-electron chi connectivity index (χ3n) is 2.70. The zero-order chi connectivity index (χ0) is 13.8. The number of halogens is 2. The van der Waals surface area contributed by atoms with Gasteiger partial charge in [0, 0.05) is 27.8 Å². The summed E-state index contributed by atoms with van der Waals surface area (Å²) in [6.07, 6.45) is -0.788. The van der Waals surface area contributed by atoms with E-state index in [0.29, 0.717) is 28.0 Å². The van der Waals surface area contributed by atoms with Crippen LogP contribution in [0.1, 0.15) is 17.4 Å². The number of aryl methyl sites for hydroxylation is 1. The molecule has 0 aliphatic heterocycles. The van der Waals surface area contributed by atoms with Crippen molar-refractivity contribution < 1.29 is 5.11 Å².